The Morgan fingerprint density at radius 1 is 1.26 bits per heavy atom. The molecule has 0 saturated heterocycles. The van der Waals surface area contributed by atoms with Crippen LogP contribution in [0.5, 0.6) is 0 Å². The summed E-state index contributed by atoms with van der Waals surface area (Å²) in [6, 6.07) is 11.5. The molecule has 19 heavy (non-hydrogen) atoms. The SMILES string of the molecule is CC(CC1CCC1)N(CCCN)Cc1ccccc1. The lowest BCUT2D eigenvalue weighted by molar-refractivity contribution is 0.147. The third-order valence-corrected chi connectivity index (χ3v) is 4.40. The fraction of sp³-hybridized carbons (Fsp3) is 0.647. The first-order valence-corrected chi connectivity index (χ1v) is 7.77. The Kier molecular flexibility index (Phi) is 5.87. The topological polar surface area (TPSA) is 29.3 Å². The van der Waals surface area contributed by atoms with Crippen molar-refractivity contribution in [2.45, 2.75) is 51.6 Å². The van der Waals surface area contributed by atoms with Crippen LogP contribution in [0.3, 0.4) is 0 Å². The minimum Gasteiger partial charge on any atom is -0.330 e. The Balaban J connectivity index is 1.89. The molecule has 1 unspecified atom stereocenters. The van der Waals surface area contributed by atoms with Gasteiger partial charge in [-0.15, -0.1) is 0 Å². The van der Waals surface area contributed by atoms with Gasteiger partial charge in [-0.1, -0.05) is 49.6 Å². The van der Waals surface area contributed by atoms with E-state index in [0.717, 1.165) is 32.0 Å². The first-order valence-electron chi connectivity index (χ1n) is 7.77. The maximum atomic E-state index is 5.68. The zero-order valence-corrected chi connectivity index (χ0v) is 12.2. The number of nitrogens with two attached hydrogens (primary N) is 1. The van der Waals surface area contributed by atoms with Crippen LogP contribution >= 0.6 is 0 Å². The van der Waals surface area contributed by atoms with Crippen molar-refractivity contribution >= 4 is 0 Å². The van der Waals surface area contributed by atoms with Crippen molar-refractivity contribution in [3.8, 4) is 0 Å². The van der Waals surface area contributed by atoms with E-state index in [-0.39, 0.29) is 0 Å². The largest absolute Gasteiger partial charge is 0.330 e. The Morgan fingerprint density at radius 2 is 2.00 bits per heavy atom. The van der Waals surface area contributed by atoms with Crippen LogP contribution in [-0.4, -0.2) is 24.0 Å². The molecule has 2 nitrogen and oxygen atoms in total. The van der Waals surface area contributed by atoms with Crippen molar-refractivity contribution in [1.29, 1.82) is 0 Å². The van der Waals surface area contributed by atoms with Crippen LogP contribution in [-0.2, 0) is 6.54 Å². The molecule has 0 amide bonds. The fourth-order valence-electron chi connectivity index (χ4n) is 2.93. The minimum atomic E-state index is 0.678. The van der Waals surface area contributed by atoms with E-state index in [2.05, 4.69) is 42.2 Å². The van der Waals surface area contributed by atoms with E-state index in [1.54, 1.807) is 0 Å². The molecule has 0 aromatic heterocycles. The second kappa shape index (κ2) is 7.66. The van der Waals surface area contributed by atoms with E-state index in [1.807, 2.05) is 0 Å². The summed E-state index contributed by atoms with van der Waals surface area (Å²) in [6.07, 6.45) is 6.79. The molecule has 2 N–H and O–H groups in total. The van der Waals surface area contributed by atoms with Crippen molar-refractivity contribution in [3.05, 3.63) is 35.9 Å². The maximum absolute atomic E-state index is 5.68. The van der Waals surface area contributed by atoms with Crippen LogP contribution in [0.4, 0.5) is 0 Å². The van der Waals surface area contributed by atoms with E-state index >= 15 is 0 Å². The molecule has 1 saturated carbocycles. The average molecular weight is 260 g/mol. The number of rotatable bonds is 8. The van der Waals surface area contributed by atoms with Gasteiger partial charge in [-0.05, 0) is 44.3 Å². The van der Waals surface area contributed by atoms with Gasteiger partial charge in [-0.25, -0.2) is 0 Å². The highest BCUT2D eigenvalue weighted by atomic mass is 15.1. The third kappa shape index (κ3) is 4.63. The van der Waals surface area contributed by atoms with Crippen LogP contribution < -0.4 is 5.73 Å². The zero-order chi connectivity index (χ0) is 13.5. The molecule has 2 heteroatoms. The van der Waals surface area contributed by atoms with Crippen molar-refractivity contribution in [2.75, 3.05) is 13.1 Å². The van der Waals surface area contributed by atoms with E-state index in [9.17, 15) is 0 Å². The molecule has 0 radical (unpaired) electrons. The summed E-state index contributed by atoms with van der Waals surface area (Å²) in [5, 5.41) is 0. The lowest BCUT2D eigenvalue weighted by atomic mass is 9.81. The molecular formula is C17H28N2. The highest BCUT2D eigenvalue weighted by molar-refractivity contribution is 5.14. The van der Waals surface area contributed by atoms with Crippen molar-refractivity contribution in [2.24, 2.45) is 11.7 Å². The smallest absolute Gasteiger partial charge is 0.0236 e. The maximum Gasteiger partial charge on any atom is 0.0236 e. The number of nitrogens with zero attached hydrogens (tertiary/aromatic N) is 1. The Hall–Kier alpha value is -0.860. The van der Waals surface area contributed by atoms with E-state index < -0.39 is 0 Å². The van der Waals surface area contributed by atoms with Crippen LogP contribution in [0.2, 0.25) is 0 Å². The van der Waals surface area contributed by atoms with Crippen molar-refractivity contribution < 1.29 is 0 Å². The van der Waals surface area contributed by atoms with Gasteiger partial charge in [0.25, 0.3) is 0 Å². The quantitative estimate of drug-likeness (QED) is 0.776. The van der Waals surface area contributed by atoms with E-state index in [1.165, 1.54) is 31.2 Å². The van der Waals surface area contributed by atoms with Crippen LogP contribution in [0.15, 0.2) is 30.3 Å². The summed E-state index contributed by atoms with van der Waals surface area (Å²) in [7, 11) is 0. The van der Waals surface area contributed by atoms with E-state index in [4.69, 9.17) is 5.73 Å². The Labute approximate surface area is 118 Å². The molecule has 1 aliphatic rings. The van der Waals surface area contributed by atoms with Gasteiger partial charge in [0, 0.05) is 12.6 Å². The molecule has 0 heterocycles. The van der Waals surface area contributed by atoms with Gasteiger partial charge in [0.2, 0.25) is 0 Å². The van der Waals surface area contributed by atoms with Crippen molar-refractivity contribution in [3.63, 3.8) is 0 Å². The molecular weight excluding hydrogens is 232 g/mol. The molecule has 106 valence electrons. The monoisotopic (exact) mass is 260 g/mol. The lowest BCUT2D eigenvalue weighted by Gasteiger charge is -2.35. The second-order valence-electron chi connectivity index (χ2n) is 5.98. The number of benzene rings is 1. The molecule has 0 bridgehead atoms. The lowest BCUT2D eigenvalue weighted by Crippen LogP contribution is -2.36. The first kappa shape index (κ1) is 14.5. The van der Waals surface area contributed by atoms with Gasteiger partial charge in [-0.3, -0.25) is 4.90 Å². The summed E-state index contributed by atoms with van der Waals surface area (Å²) in [5.41, 5.74) is 7.10. The van der Waals surface area contributed by atoms with Gasteiger partial charge in [0.05, 0.1) is 0 Å². The Morgan fingerprint density at radius 3 is 2.58 bits per heavy atom. The van der Waals surface area contributed by atoms with Crippen LogP contribution in [0.1, 0.15) is 44.6 Å². The minimum absolute atomic E-state index is 0.678. The predicted molar refractivity (Wildman–Crippen MR) is 81.9 cm³/mol. The first-order chi connectivity index (χ1) is 9.29. The molecule has 0 aliphatic heterocycles. The summed E-state index contributed by atoms with van der Waals surface area (Å²) >= 11 is 0. The van der Waals surface area contributed by atoms with Crippen LogP contribution in [0.25, 0.3) is 0 Å². The molecule has 1 aromatic rings. The molecule has 1 aromatic carbocycles. The van der Waals surface area contributed by atoms with Gasteiger partial charge in [0.15, 0.2) is 0 Å². The van der Waals surface area contributed by atoms with Gasteiger partial charge in [0.1, 0.15) is 0 Å². The zero-order valence-electron chi connectivity index (χ0n) is 12.2. The Bertz CT molecular complexity index is 346. The molecule has 1 fully saturated rings. The van der Waals surface area contributed by atoms with E-state index in [0.29, 0.717) is 6.04 Å². The fourth-order valence-corrected chi connectivity index (χ4v) is 2.93. The standard InChI is InChI=1S/C17H28N2/c1-15(13-16-9-5-10-16)19(12-6-11-18)14-17-7-3-2-4-8-17/h2-4,7-8,15-16H,5-6,9-14,18H2,1H3. The highest BCUT2D eigenvalue weighted by Gasteiger charge is 2.23. The summed E-state index contributed by atoms with van der Waals surface area (Å²) in [5.74, 6) is 0.978. The molecule has 2 rings (SSSR count). The summed E-state index contributed by atoms with van der Waals surface area (Å²) in [6.45, 7) is 5.37. The average Bonchev–Trinajstić information content (AvgIpc) is 2.39. The summed E-state index contributed by atoms with van der Waals surface area (Å²) < 4.78 is 0. The third-order valence-electron chi connectivity index (χ3n) is 4.40. The van der Waals surface area contributed by atoms with Crippen molar-refractivity contribution in [1.82, 2.24) is 4.90 Å². The number of hydrogen-bond acceptors (Lipinski definition) is 2. The second-order valence-corrected chi connectivity index (χ2v) is 5.98. The normalized spacial score (nSPS) is 17.4. The number of hydrogen-bond donors (Lipinski definition) is 1. The molecule has 0 spiro atoms. The van der Waals surface area contributed by atoms with Gasteiger partial charge in [-0.2, -0.15) is 0 Å². The molecule has 1 aliphatic carbocycles. The highest BCUT2D eigenvalue weighted by Crippen LogP contribution is 2.31. The van der Waals surface area contributed by atoms with Gasteiger partial charge >= 0.3 is 0 Å². The summed E-state index contributed by atoms with van der Waals surface area (Å²) in [4.78, 5) is 2.61. The molecule has 1 atom stereocenters. The predicted octanol–water partition coefficient (Wildman–Crippen LogP) is 3.42. The van der Waals surface area contributed by atoms with Gasteiger partial charge < -0.3 is 5.73 Å². The van der Waals surface area contributed by atoms with Crippen LogP contribution in [0, 0.1) is 5.92 Å².